The Balaban J connectivity index is 3.30. The van der Waals surface area contributed by atoms with Gasteiger partial charge in [0.15, 0.2) is 0 Å². The van der Waals surface area contributed by atoms with Gasteiger partial charge >= 0.3 is 5.97 Å². The van der Waals surface area contributed by atoms with Crippen molar-refractivity contribution >= 4 is 5.97 Å². The number of nitrogens with zero attached hydrogens (tertiary/aromatic N) is 2. The van der Waals surface area contributed by atoms with Crippen LogP contribution in [0, 0.1) is 6.92 Å². The quantitative estimate of drug-likeness (QED) is 0.787. The molecule has 15 heavy (non-hydrogen) atoms. The number of carbonyl (C=O) groups is 1. The standard InChI is InChI=1S/C8H10F2N2O3/c1-4-5(8(14)15)6(7(9)10)12(11-4)2-3-13/h7,13H,2-3H2,1H3,(H,14,15). The molecule has 1 rings (SSSR count). The molecule has 0 aliphatic carbocycles. The van der Waals surface area contributed by atoms with Gasteiger partial charge in [0.05, 0.1) is 18.8 Å². The van der Waals surface area contributed by atoms with Crippen molar-refractivity contribution in [3.63, 3.8) is 0 Å². The first-order valence-electron chi connectivity index (χ1n) is 4.18. The third-order valence-corrected chi connectivity index (χ3v) is 1.90. The van der Waals surface area contributed by atoms with Crippen LogP contribution >= 0.6 is 0 Å². The summed E-state index contributed by atoms with van der Waals surface area (Å²) < 4.78 is 26.0. The number of carboxylic acids is 1. The number of hydrogen-bond donors (Lipinski definition) is 2. The molecule has 2 N–H and O–H groups in total. The zero-order chi connectivity index (χ0) is 11.6. The number of aliphatic hydroxyl groups excluding tert-OH is 1. The second kappa shape index (κ2) is 4.35. The summed E-state index contributed by atoms with van der Waals surface area (Å²) in [6.45, 7) is 0.816. The average molecular weight is 220 g/mol. The second-order valence-electron chi connectivity index (χ2n) is 2.90. The van der Waals surface area contributed by atoms with Crippen molar-refractivity contribution in [3.8, 4) is 0 Å². The highest BCUT2D eigenvalue weighted by Crippen LogP contribution is 2.25. The van der Waals surface area contributed by atoms with Gasteiger partial charge in [0, 0.05) is 0 Å². The predicted molar refractivity (Wildman–Crippen MR) is 46.0 cm³/mol. The SMILES string of the molecule is Cc1nn(CCO)c(C(F)F)c1C(=O)O. The molecule has 0 saturated heterocycles. The van der Waals surface area contributed by atoms with Gasteiger partial charge in [-0.15, -0.1) is 0 Å². The van der Waals surface area contributed by atoms with Gasteiger partial charge in [-0.2, -0.15) is 5.10 Å². The van der Waals surface area contributed by atoms with E-state index in [0.717, 1.165) is 4.68 Å². The summed E-state index contributed by atoms with van der Waals surface area (Å²) in [5.41, 5.74) is -1.13. The van der Waals surface area contributed by atoms with Crippen LogP contribution in [0.2, 0.25) is 0 Å². The van der Waals surface area contributed by atoms with Crippen molar-refractivity contribution in [3.05, 3.63) is 17.0 Å². The van der Waals surface area contributed by atoms with E-state index in [9.17, 15) is 13.6 Å². The van der Waals surface area contributed by atoms with Crippen molar-refractivity contribution in [2.24, 2.45) is 0 Å². The fraction of sp³-hybridized carbons (Fsp3) is 0.500. The Bertz CT molecular complexity index is 376. The molecule has 84 valence electrons. The van der Waals surface area contributed by atoms with E-state index in [-0.39, 0.29) is 18.8 Å². The first-order valence-corrected chi connectivity index (χ1v) is 4.18. The van der Waals surface area contributed by atoms with E-state index in [4.69, 9.17) is 10.2 Å². The Morgan fingerprint density at radius 1 is 1.60 bits per heavy atom. The number of alkyl halides is 2. The number of hydrogen-bond acceptors (Lipinski definition) is 3. The number of aliphatic hydroxyl groups is 1. The lowest BCUT2D eigenvalue weighted by molar-refractivity contribution is 0.0680. The average Bonchev–Trinajstić information content (AvgIpc) is 2.42. The molecule has 1 heterocycles. The number of aryl methyl sites for hydroxylation is 1. The molecule has 0 aliphatic heterocycles. The number of aromatic nitrogens is 2. The van der Waals surface area contributed by atoms with Gasteiger partial charge < -0.3 is 10.2 Å². The van der Waals surface area contributed by atoms with E-state index in [0.29, 0.717) is 0 Å². The van der Waals surface area contributed by atoms with Gasteiger partial charge in [-0.3, -0.25) is 4.68 Å². The first-order chi connectivity index (χ1) is 6.99. The molecular weight excluding hydrogens is 210 g/mol. The largest absolute Gasteiger partial charge is 0.478 e. The van der Waals surface area contributed by atoms with Gasteiger partial charge in [0.1, 0.15) is 11.3 Å². The molecule has 0 unspecified atom stereocenters. The van der Waals surface area contributed by atoms with Crippen LogP contribution in [0.15, 0.2) is 0 Å². The summed E-state index contributed by atoms with van der Waals surface area (Å²) in [4.78, 5) is 10.7. The van der Waals surface area contributed by atoms with Crippen molar-refractivity contribution in [2.75, 3.05) is 6.61 Å². The topological polar surface area (TPSA) is 75.3 Å². The zero-order valence-corrected chi connectivity index (χ0v) is 7.94. The second-order valence-corrected chi connectivity index (χ2v) is 2.90. The maximum absolute atomic E-state index is 12.6. The van der Waals surface area contributed by atoms with Gasteiger partial charge in [0.2, 0.25) is 0 Å². The van der Waals surface area contributed by atoms with Gasteiger partial charge in [-0.25, -0.2) is 13.6 Å². The van der Waals surface area contributed by atoms with Crippen LogP contribution in [0.1, 0.15) is 28.2 Å². The molecule has 0 aliphatic rings. The molecule has 7 heteroatoms. The summed E-state index contributed by atoms with van der Waals surface area (Å²) >= 11 is 0. The Morgan fingerprint density at radius 2 is 2.20 bits per heavy atom. The molecule has 0 fully saturated rings. The minimum Gasteiger partial charge on any atom is -0.478 e. The lowest BCUT2D eigenvalue weighted by Crippen LogP contribution is -2.11. The smallest absolute Gasteiger partial charge is 0.339 e. The zero-order valence-electron chi connectivity index (χ0n) is 7.94. The summed E-state index contributed by atoms with van der Waals surface area (Å²) in [7, 11) is 0. The highest BCUT2D eigenvalue weighted by Gasteiger charge is 2.26. The Labute approximate surface area is 83.9 Å². The van der Waals surface area contributed by atoms with Crippen molar-refractivity contribution < 1.29 is 23.8 Å². The minimum absolute atomic E-state index is 0.0197. The predicted octanol–water partition coefficient (Wildman–Crippen LogP) is 0.820. The molecule has 0 amide bonds. The highest BCUT2D eigenvalue weighted by atomic mass is 19.3. The van der Waals surface area contributed by atoms with Crippen LogP contribution in [0.4, 0.5) is 8.78 Å². The molecule has 0 bridgehead atoms. The monoisotopic (exact) mass is 220 g/mol. The number of carboxylic acid groups (broad SMARTS) is 1. The third-order valence-electron chi connectivity index (χ3n) is 1.90. The fourth-order valence-electron chi connectivity index (χ4n) is 1.35. The summed E-state index contributed by atoms with van der Waals surface area (Å²) in [6, 6.07) is 0. The third kappa shape index (κ3) is 2.12. The molecule has 0 spiro atoms. The highest BCUT2D eigenvalue weighted by molar-refractivity contribution is 5.90. The van der Waals surface area contributed by atoms with E-state index < -0.39 is 23.7 Å². The van der Waals surface area contributed by atoms with Crippen LogP contribution in [-0.4, -0.2) is 32.6 Å². The van der Waals surface area contributed by atoms with Crippen molar-refractivity contribution in [2.45, 2.75) is 19.9 Å². The van der Waals surface area contributed by atoms with Gasteiger partial charge in [-0.05, 0) is 6.92 Å². The molecule has 0 aromatic carbocycles. The molecular formula is C8H10F2N2O3. The fourth-order valence-corrected chi connectivity index (χ4v) is 1.35. The van der Waals surface area contributed by atoms with Crippen LogP contribution < -0.4 is 0 Å². The molecule has 0 saturated carbocycles. The molecule has 1 aromatic rings. The maximum Gasteiger partial charge on any atom is 0.339 e. The Hall–Kier alpha value is -1.50. The first kappa shape index (κ1) is 11.6. The Morgan fingerprint density at radius 3 is 2.60 bits per heavy atom. The van der Waals surface area contributed by atoms with E-state index in [2.05, 4.69) is 5.10 Å². The van der Waals surface area contributed by atoms with Gasteiger partial charge in [0.25, 0.3) is 6.43 Å². The maximum atomic E-state index is 12.6. The summed E-state index contributed by atoms with van der Waals surface area (Å²) in [5.74, 6) is -1.44. The summed E-state index contributed by atoms with van der Waals surface area (Å²) in [5, 5.41) is 21.0. The van der Waals surface area contributed by atoms with E-state index in [1.54, 1.807) is 0 Å². The van der Waals surface area contributed by atoms with Crippen LogP contribution in [0.3, 0.4) is 0 Å². The summed E-state index contributed by atoms with van der Waals surface area (Å²) in [6.07, 6.45) is -2.93. The molecule has 0 atom stereocenters. The lowest BCUT2D eigenvalue weighted by atomic mass is 10.2. The minimum atomic E-state index is -2.93. The van der Waals surface area contributed by atoms with Gasteiger partial charge in [-0.1, -0.05) is 0 Å². The number of halogens is 2. The van der Waals surface area contributed by atoms with E-state index >= 15 is 0 Å². The van der Waals surface area contributed by atoms with Crippen molar-refractivity contribution in [1.82, 2.24) is 9.78 Å². The normalized spacial score (nSPS) is 11.0. The van der Waals surface area contributed by atoms with Crippen LogP contribution in [-0.2, 0) is 6.54 Å². The Kier molecular flexibility index (Phi) is 3.35. The van der Waals surface area contributed by atoms with E-state index in [1.807, 2.05) is 0 Å². The van der Waals surface area contributed by atoms with Crippen LogP contribution in [0.5, 0.6) is 0 Å². The number of rotatable bonds is 4. The lowest BCUT2D eigenvalue weighted by Gasteiger charge is -2.05. The molecule has 0 radical (unpaired) electrons. The molecule has 1 aromatic heterocycles. The van der Waals surface area contributed by atoms with Crippen LogP contribution in [0.25, 0.3) is 0 Å². The van der Waals surface area contributed by atoms with Crippen molar-refractivity contribution in [1.29, 1.82) is 0 Å². The van der Waals surface area contributed by atoms with E-state index in [1.165, 1.54) is 6.92 Å². The molecule has 5 nitrogen and oxygen atoms in total. The number of aromatic carboxylic acids is 1.